The number of benzene rings is 1. The highest BCUT2D eigenvalue weighted by Crippen LogP contribution is 2.13. The monoisotopic (exact) mass is 293 g/mol. The van der Waals surface area contributed by atoms with Gasteiger partial charge < -0.3 is 9.47 Å². The fraction of sp³-hybridized carbons (Fsp3) is 0.400. The Bertz CT molecular complexity index is 512. The second-order valence-electron chi connectivity index (χ2n) is 5.02. The lowest BCUT2D eigenvalue weighted by molar-refractivity contribution is 0.0636. The molecular formula is C15H20NO3P. The van der Waals surface area contributed by atoms with Gasteiger partial charge in [0.15, 0.2) is 0 Å². The van der Waals surface area contributed by atoms with Gasteiger partial charge in [-0.1, -0.05) is 17.9 Å². The van der Waals surface area contributed by atoms with Crippen molar-refractivity contribution in [3.63, 3.8) is 0 Å². The predicted octanol–water partition coefficient (Wildman–Crippen LogP) is 3.23. The molecule has 4 nitrogen and oxygen atoms in total. The van der Waals surface area contributed by atoms with Crippen molar-refractivity contribution < 1.29 is 14.3 Å². The Kier molecular flexibility index (Phi) is 6.51. The first-order valence-electron chi connectivity index (χ1n) is 6.27. The van der Waals surface area contributed by atoms with Crippen LogP contribution in [0.5, 0.6) is 0 Å². The Morgan fingerprint density at radius 3 is 2.80 bits per heavy atom. The molecule has 1 aromatic rings. The maximum Gasteiger partial charge on any atom is 0.412 e. The Labute approximate surface area is 122 Å². The van der Waals surface area contributed by atoms with Crippen LogP contribution in [0.4, 0.5) is 10.5 Å². The van der Waals surface area contributed by atoms with Crippen molar-refractivity contribution in [1.82, 2.24) is 0 Å². The van der Waals surface area contributed by atoms with E-state index in [4.69, 9.17) is 9.47 Å². The van der Waals surface area contributed by atoms with Crippen molar-refractivity contribution >= 4 is 21.0 Å². The number of anilines is 1. The summed E-state index contributed by atoms with van der Waals surface area (Å²) in [5.41, 5.74) is 0.945. The number of ether oxygens (including phenoxy) is 2. The quantitative estimate of drug-likeness (QED) is 0.529. The van der Waals surface area contributed by atoms with Crippen molar-refractivity contribution in [3.8, 4) is 11.8 Å². The van der Waals surface area contributed by atoms with E-state index in [1.54, 1.807) is 12.1 Å². The van der Waals surface area contributed by atoms with Crippen molar-refractivity contribution in [3.05, 3.63) is 29.8 Å². The van der Waals surface area contributed by atoms with E-state index in [-0.39, 0.29) is 0 Å². The minimum Gasteiger partial charge on any atom is -0.444 e. The molecule has 1 N–H and O–H groups in total. The fourth-order valence-corrected chi connectivity index (χ4v) is 1.46. The zero-order valence-electron chi connectivity index (χ0n) is 12.0. The predicted molar refractivity (Wildman–Crippen MR) is 83.7 cm³/mol. The number of amides is 1. The lowest BCUT2D eigenvalue weighted by Gasteiger charge is -2.19. The van der Waals surface area contributed by atoms with Crippen LogP contribution in [0.2, 0.25) is 0 Å². The second-order valence-corrected chi connectivity index (χ2v) is 5.36. The summed E-state index contributed by atoms with van der Waals surface area (Å²) in [4.78, 5) is 11.6. The summed E-state index contributed by atoms with van der Waals surface area (Å²) in [5, 5.41) is 2.68. The first-order valence-corrected chi connectivity index (χ1v) is 7.09. The highest BCUT2D eigenvalue weighted by Gasteiger charge is 2.16. The molecule has 0 radical (unpaired) electrons. The molecule has 0 spiro atoms. The number of nitrogens with one attached hydrogen (secondary N) is 1. The summed E-state index contributed by atoms with van der Waals surface area (Å²) in [6, 6.07) is 7.27. The van der Waals surface area contributed by atoms with E-state index in [0.717, 1.165) is 5.56 Å². The van der Waals surface area contributed by atoms with Crippen molar-refractivity contribution in [1.29, 1.82) is 0 Å². The molecule has 1 unspecified atom stereocenters. The van der Waals surface area contributed by atoms with E-state index < -0.39 is 11.7 Å². The lowest BCUT2D eigenvalue weighted by atomic mass is 10.2. The van der Waals surface area contributed by atoms with Gasteiger partial charge >= 0.3 is 6.09 Å². The minimum absolute atomic E-state index is 0.382. The molecule has 0 aromatic heterocycles. The van der Waals surface area contributed by atoms with E-state index in [0.29, 0.717) is 18.6 Å². The summed E-state index contributed by atoms with van der Waals surface area (Å²) in [5.74, 6) is 5.86. The van der Waals surface area contributed by atoms with Gasteiger partial charge in [0.1, 0.15) is 12.2 Å². The summed E-state index contributed by atoms with van der Waals surface area (Å²) in [7, 11) is 2.47. The molecule has 20 heavy (non-hydrogen) atoms. The first-order chi connectivity index (χ1) is 9.40. The normalized spacial score (nSPS) is 10.4. The van der Waals surface area contributed by atoms with Gasteiger partial charge in [-0.05, 0) is 39.0 Å². The first kappa shape index (κ1) is 16.5. The van der Waals surface area contributed by atoms with Crippen LogP contribution in [-0.2, 0) is 9.47 Å². The zero-order valence-corrected chi connectivity index (χ0v) is 13.2. The average molecular weight is 293 g/mol. The van der Waals surface area contributed by atoms with Gasteiger partial charge in [-0.3, -0.25) is 5.32 Å². The molecule has 0 fully saturated rings. The number of carbonyl (C=O) groups excluding carboxylic acids is 1. The maximum absolute atomic E-state index is 11.6. The molecule has 0 saturated carbocycles. The molecular weight excluding hydrogens is 273 g/mol. The van der Waals surface area contributed by atoms with E-state index >= 15 is 0 Å². The van der Waals surface area contributed by atoms with Crippen LogP contribution in [0.1, 0.15) is 26.3 Å². The fourth-order valence-electron chi connectivity index (χ4n) is 1.34. The van der Waals surface area contributed by atoms with Crippen LogP contribution in [-0.4, -0.2) is 24.6 Å². The van der Waals surface area contributed by atoms with E-state index in [2.05, 4.69) is 26.4 Å². The molecule has 0 aliphatic carbocycles. The number of hydrogen-bond donors (Lipinski definition) is 1. The van der Waals surface area contributed by atoms with E-state index in [1.165, 1.54) is 0 Å². The summed E-state index contributed by atoms with van der Waals surface area (Å²) >= 11 is 0. The third-order valence-electron chi connectivity index (χ3n) is 2.03. The van der Waals surface area contributed by atoms with E-state index in [9.17, 15) is 4.79 Å². The summed E-state index contributed by atoms with van der Waals surface area (Å²) < 4.78 is 10.3. The Hall–Kier alpha value is -1.56. The van der Waals surface area contributed by atoms with Gasteiger partial charge in [0.2, 0.25) is 0 Å². The van der Waals surface area contributed by atoms with Crippen LogP contribution in [0.15, 0.2) is 24.3 Å². The second kappa shape index (κ2) is 7.89. The molecule has 0 aliphatic rings. The lowest BCUT2D eigenvalue weighted by Crippen LogP contribution is -2.27. The molecule has 0 bridgehead atoms. The Morgan fingerprint density at radius 2 is 2.15 bits per heavy atom. The SMILES string of the molecule is CC(C)(C)OC(=O)Nc1cccc(C#CCOCP)c1. The zero-order chi connectivity index (χ0) is 15.0. The molecule has 108 valence electrons. The van der Waals surface area contributed by atoms with Crippen LogP contribution >= 0.6 is 9.24 Å². The van der Waals surface area contributed by atoms with Crippen molar-refractivity contribution in [2.45, 2.75) is 26.4 Å². The molecule has 1 aromatic carbocycles. The van der Waals surface area contributed by atoms with Crippen molar-refractivity contribution in [2.24, 2.45) is 0 Å². The van der Waals surface area contributed by atoms with Crippen molar-refractivity contribution in [2.75, 3.05) is 18.3 Å². The molecule has 0 aliphatic heterocycles. The number of hydrogen-bond acceptors (Lipinski definition) is 3. The Morgan fingerprint density at radius 1 is 1.40 bits per heavy atom. The largest absolute Gasteiger partial charge is 0.444 e. The number of carbonyl (C=O) groups is 1. The summed E-state index contributed by atoms with van der Waals surface area (Å²) in [6.45, 7) is 5.84. The maximum atomic E-state index is 11.6. The highest BCUT2D eigenvalue weighted by molar-refractivity contribution is 7.16. The standard InChI is InChI=1S/C15H20NO3P/c1-15(2,3)19-14(17)16-13-8-4-6-12(10-13)7-5-9-18-11-20/h4,6,8,10H,9,11,20H2,1-3H3,(H,16,17). The van der Waals surface area contributed by atoms with Gasteiger partial charge in [0.05, 0.1) is 6.35 Å². The van der Waals surface area contributed by atoms with Crippen LogP contribution in [0, 0.1) is 11.8 Å². The van der Waals surface area contributed by atoms with Gasteiger partial charge in [-0.2, -0.15) is 0 Å². The third kappa shape index (κ3) is 7.13. The van der Waals surface area contributed by atoms with Gasteiger partial charge in [0.25, 0.3) is 0 Å². The topological polar surface area (TPSA) is 47.6 Å². The number of rotatable bonds is 3. The van der Waals surface area contributed by atoms with Gasteiger partial charge in [-0.15, -0.1) is 9.24 Å². The average Bonchev–Trinajstić information content (AvgIpc) is 2.32. The molecule has 5 heteroatoms. The smallest absolute Gasteiger partial charge is 0.412 e. The molecule has 0 saturated heterocycles. The van der Waals surface area contributed by atoms with Crippen LogP contribution in [0.3, 0.4) is 0 Å². The third-order valence-corrected chi connectivity index (χ3v) is 2.27. The molecule has 1 rings (SSSR count). The molecule has 1 atom stereocenters. The minimum atomic E-state index is -0.517. The molecule has 1 amide bonds. The van der Waals surface area contributed by atoms with Gasteiger partial charge in [0, 0.05) is 11.3 Å². The van der Waals surface area contributed by atoms with Crippen LogP contribution < -0.4 is 5.32 Å². The Balaban J connectivity index is 2.63. The van der Waals surface area contributed by atoms with Crippen LogP contribution in [0.25, 0.3) is 0 Å². The van der Waals surface area contributed by atoms with Gasteiger partial charge in [-0.25, -0.2) is 4.79 Å². The highest BCUT2D eigenvalue weighted by atomic mass is 31.0. The van der Waals surface area contributed by atoms with E-state index in [1.807, 2.05) is 32.9 Å². The molecule has 0 heterocycles. The summed E-state index contributed by atoms with van der Waals surface area (Å²) in [6.07, 6.45) is 0.0866.